The second-order valence-electron chi connectivity index (χ2n) is 4.19. The van der Waals surface area contributed by atoms with Gasteiger partial charge >= 0.3 is 0 Å². The summed E-state index contributed by atoms with van der Waals surface area (Å²) in [6, 6.07) is 3.79. The van der Waals surface area contributed by atoms with Gasteiger partial charge in [0.25, 0.3) is 0 Å². The normalized spacial score (nSPS) is 11.6. The van der Waals surface area contributed by atoms with E-state index in [-0.39, 0.29) is 0 Å². The zero-order valence-corrected chi connectivity index (χ0v) is 10.3. The largest absolute Gasteiger partial charge is 0.330 e. The van der Waals surface area contributed by atoms with Gasteiger partial charge in [0.1, 0.15) is 0 Å². The predicted octanol–water partition coefficient (Wildman–Crippen LogP) is 2.61. The van der Waals surface area contributed by atoms with E-state index < -0.39 is 0 Å². The highest BCUT2D eigenvalue weighted by molar-refractivity contribution is 6.33. The Hall–Kier alpha value is -1.06. The van der Waals surface area contributed by atoms with Crippen LogP contribution in [0.4, 0.5) is 0 Å². The summed E-state index contributed by atoms with van der Waals surface area (Å²) in [5.41, 5.74) is 8.75. The molecule has 2 rings (SSSR count). The van der Waals surface area contributed by atoms with Crippen molar-refractivity contribution in [2.24, 2.45) is 5.73 Å². The Balaban J connectivity index is 2.70. The fourth-order valence-corrected chi connectivity index (χ4v) is 2.15. The van der Waals surface area contributed by atoms with Gasteiger partial charge in [-0.3, -0.25) is 0 Å². The zero-order valence-electron chi connectivity index (χ0n) is 9.57. The van der Waals surface area contributed by atoms with Crippen molar-refractivity contribution in [3.63, 3.8) is 0 Å². The molecule has 2 heterocycles. The first kappa shape index (κ1) is 11.4. The minimum atomic E-state index is 0.387. The van der Waals surface area contributed by atoms with E-state index in [1.165, 1.54) is 5.69 Å². The number of pyridine rings is 1. The van der Waals surface area contributed by atoms with Crippen molar-refractivity contribution in [2.45, 2.75) is 26.2 Å². The number of nitrogens with two attached hydrogens (primary N) is 1. The number of aromatic nitrogens is 2. The van der Waals surface area contributed by atoms with Crippen LogP contribution in [0.2, 0.25) is 5.02 Å². The fraction of sp³-hybridized carbons (Fsp3) is 0.417. The Morgan fingerprint density at radius 1 is 1.50 bits per heavy atom. The van der Waals surface area contributed by atoms with Crippen LogP contribution in [0.1, 0.15) is 31.2 Å². The molecule has 0 aromatic carbocycles. The molecule has 0 aliphatic rings. The van der Waals surface area contributed by atoms with Crippen LogP contribution >= 0.6 is 11.6 Å². The van der Waals surface area contributed by atoms with Crippen LogP contribution in [-0.2, 0) is 6.42 Å². The first-order valence-corrected chi connectivity index (χ1v) is 5.88. The van der Waals surface area contributed by atoms with E-state index in [1.807, 2.05) is 22.7 Å². The van der Waals surface area contributed by atoms with E-state index in [1.54, 1.807) is 0 Å². The maximum Gasteiger partial charge on any atom is 0.156 e. The van der Waals surface area contributed by atoms with Crippen LogP contribution < -0.4 is 5.73 Å². The Morgan fingerprint density at radius 3 is 2.88 bits per heavy atom. The smallest absolute Gasteiger partial charge is 0.156 e. The second kappa shape index (κ2) is 4.44. The molecule has 0 spiro atoms. The van der Waals surface area contributed by atoms with Crippen molar-refractivity contribution < 1.29 is 0 Å². The van der Waals surface area contributed by atoms with Crippen LogP contribution in [0.15, 0.2) is 18.3 Å². The predicted molar refractivity (Wildman–Crippen MR) is 67.0 cm³/mol. The molecule has 0 bridgehead atoms. The lowest BCUT2D eigenvalue weighted by molar-refractivity contribution is 0.791. The quantitative estimate of drug-likeness (QED) is 0.892. The van der Waals surface area contributed by atoms with Gasteiger partial charge in [-0.15, -0.1) is 0 Å². The molecule has 0 fully saturated rings. The molecule has 0 saturated heterocycles. The summed E-state index contributed by atoms with van der Waals surface area (Å²) in [6.45, 7) is 4.89. The summed E-state index contributed by atoms with van der Waals surface area (Å²) < 4.78 is 2.05. The topological polar surface area (TPSA) is 43.3 Å². The van der Waals surface area contributed by atoms with Gasteiger partial charge in [-0.05, 0) is 24.6 Å². The first-order chi connectivity index (χ1) is 7.65. The number of fused-ring (bicyclic) bond motifs is 1. The molecular weight excluding hydrogens is 222 g/mol. The molecule has 2 aromatic rings. The van der Waals surface area contributed by atoms with Crippen molar-refractivity contribution in [3.8, 4) is 0 Å². The Kier molecular flexibility index (Phi) is 3.17. The lowest BCUT2D eigenvalue weighted by atomic mass is 10.1. The van der Waals surface area contributed by atoms with Gasteiger partial charge in [-0.2, -0.15) is 0 Å². The number of imidazole rings is 1. The van der Waals surface area contributed by atoms with Gasteiger partial charge in [0.05, 0.1) is 10.7 Å². The van der Waals surface area contributed by atoms with Crippen molar-refractivity contribution in [2.75, 3.05) is 6.54 Å². The van der Waals surface area contributed by atoms with Crippen LogP contribution in [0.5, 0.6) is 0 Å². The van der Waals surface area contributed by atoms with Gasteiger partial charge in [0.2, 0.25) is 0 Å². The average molecular weight is 238 g/mol. The van der Waals surface area contributed by atoms with Gasteiger partial charge in [-0.1, -0.05) is 25.4 Å². The van der Waals surface area contributed by atoms with E-state index in [0.29, 0.717) is 17.5 Å². The molecule has 2 aromatic heterocycles. The first-order valence-electron chi connectivity index (χ1n) is 5.50. The number of hydrogen-bond acceptors (Lipinski definition) is 2. The van der Waals surface area contributed by atoms with E-state index in [0.717, 1.165) is 17.8 Å². The van der Waals surface area contributed by atoms with Crippen molar-refractivity contribution in [3.05, 3.63) is 34.7 Å². The minimum absolute atomic E-state index is 0.387. The average Bonchev–Trinajstić information content (AvgIpc) is 2.60. The standard InChI is InChI=1S/C12H16ClN3/c1-8(2)11-10(5-6-14)16-7-3-4-9(13)12(16)15-11/h3-4,7-8H,5-6,14H2,1-2H3. The van der Waals surface area contributed by atoms with Gasteiger partial charge < -0.3 is 10.1 Å². The number of hydrogen-bond donors (Lipinski definition) is 1. The lowest BCUT2D eigenvalue weighted by Crippen LogP contribution is -2.07. The molecule has 4 heteroatoms. The van der Waals surface area contributed by atoms with Crippen LogP contribution in [-0.4, -0.2) is 15.9 Å². The number of rotatable bonds is 3. The minimum Gasteiger partial charge on any atom is -0.330 e. The highest BCUT2D eigenvalue weighted by Crippen LogP contribution is 2.24. The Morgan fingerprint density at radius 2 is 2.25 bits per heavy atom. The van der Waals surface area contributed by atoms with E-state index in [4.69, 9.17) is 17.3 Å². The molecule has 0 atom stereocenters. The molecule has 3 nitrogen and oxygen atoms in total. The summed E-state index contributed by atoms with van der Waals surface area (Å²) in [5.74, 6) is 0.387. The van der Waals surface area contributed by atoms with Crippen molar-refractivity contribution >= 4 is 17.2 Å². The second-order valence-corrected chi connectivity index (χ2v) is 4.59. The third-order valence-corrected chi connectivity index (χ3v) is 2.96. The van der Waals surface area contributed by atoms with Crippen LogP contribution in [0.25, 0.3) is 5.65 Å². The summed E-state index contributed by atoms with van der Waals surface area (Å²) in [6.07, 6.45) is 2.82. The fourth-order valence-electron chi connectivity index (χ4n) is 1.95. The van der Waals surface area contributed by atoms with Crippen molar-refractivity contribution in [1.29, 1.82) is 0 Å². The van der Waals surface area contributed by atoms with Gasteiger partial charge in [0.15, 0.2) is 5.65 Å². The van der Waals surface area contributed by atoms with Crippen molar-refractivity contribution in [1.82, 2.24) is 9.38 Å². The maximum absolute atomic E-state index is 6.13. The maximum atomic E-state index is 6.13. The molecule has 86 valence electrons. The molecule has 0 radical (unpaired) electrons. The summed E-state index contributed by atoms with van der Waals surface area (Å²) in [5, 5.41) is 0.688. The molecule has 0 aliphatic heterocycles. The summed E-state index contributed by atoms with van der Waals surface area (Å²) in [4.78, 5) is 4.61. The molecule has 2 N–H and O–H groups in total. The number of halogens is 1. The lowest BCUT2D eigenvalue weighted by Gasteiger charge is -2.05. The molecule has 0 amide bonds. The molecule has 0 unspecified atom stereocenters. The summed E-state index contributed by atoms with van der Waals surface area (Å²) >= 11 is 6.13. The summed E-state index contributed by atoms with van der Waals surface area (Å²) in [7, 11) is 0. The van der Waals surface area contributed by atoms with Crippen LogP contribution in [0.3, 0.4) is 0 Å². The van der Waals surface area contributed by atoms with E-state index in [9.17, 15) is 0 Å². The Bertz CT molecular complexity index is 502. The zero-order chi connectivity index (χ0) is 11.7. The molecule has 16 heavy (non-hydrogen) atoms. The van der Waals surface area contributed by atoms with Crippen LogP contribution in [0, 0.1) is 0 Å². The third kappa shape index (κ3) is 1.81. The molecule has 0 aliphatic carbocycles. The highest BCUT2D eigenvalue weighted by atomic mass is 35.5. The Labute approximate surface area is 100 Å². The van der Waals surface area contributed by atoms with E-state index in [2.05, 4.69) is 18.8 Å². The molecule has 0 saturated carbocycles. The monoisotopic (exact) mass is 237 g/mol. The van der Waals surface area contributed by atoms with Gasteiger partial charge in [-0.25, -0.2) is 4.98 Å². The van der Waals surface area contributed by atoms with Gasteiger partial charge in [0, 0.05) is 18.3 Å². The SMILES string of the molecule is CC(C)c1nc2c(Cl)cccn2c1CCN. The number of nitrogens with zero attached hydrogens (tertiary/aromatic N) is 2. The highest BCUT2D eigenvalue weighted by Gasteiger charge is 2.15. The third-order valence-electron chi connectivity index (χ3n) is 2.66. The molecular formula is C12H16ClN3. The van der Waals surface area contributed by atoms with E-state index >= 15 is 0 Å².